The third-order valence-corrected chi connectivity index (χ3v) is 13.1. The van der Waals surface area contributed by atoms with E-state index in [-0.39, 0.29) is 0 Å². The monoisotopic (exact) mass is 876 g/mol. The quantitative estimate of drug-likeness (QED) is 0.0309. The van der Waals surface area contributed by atoms with Crippen LogP contribution < -0.4 is 5.32 Å². The number of allylic oxidation sites excluding steroid dienone is 4. The number of carbonyl (C=O) groups excluding carboxylic acids is 1. The Morgan fingerprint density at radius 1 is 0.387 bits per heavy atom. The molecule has 0 aliphatic heterocycles. The second-order valence-electron chi connectivity index (χ2n) is 19.3. The molecule has 4 atom stereocenters. The van der Waals surface area contributed by atoms with Crippen LogP contribution >= 0.6 is 0 Å². The molecule has 0 rings (SSSR count). The molecule has 368 valence electrons. The minimum Gasteiger partial charge on any atom is -0.394 e. The molecule has 0 radical (unpaired) electrons. The summed E-state index contributed by atoms with van der Waals surface area (Å²) in [5, 5.41) is 43.9. The van der Waals surface area contributed by atoms with Crippen LogP contribution in [0.3, 0.4) is 0 Å². The maximum absolute atomic E-state index is 12.6. The van der Waals surface area contributed by atoms with Crippen LogP contribution in [0.15, 0.2) is 24.3 Å². The number of rotatable bonds is 51. The molecule has 0 bridgehead atoms. The minimum absolute atomic E-state index is 0.362. The maximum atomic E-state index is 12.6. The molecule has 0 aromatic rings. The van der Waals surface area contributed by atoms with Crippen molar-refractivity contribution in [1.29, 1.82) is 0 Å². The summed E-state index contributed by atoms with van der Waals surface area (Å²) >= 11 is 0. The zero-order chi connectivity index (χ0) is 45.2. The molecule has 0 heterocycles. The van der Waals surface area contributed by atoms with Crippen molar-refractivity contribution in [1.82, 2.24) is 5.32 Å². The first-order valence-electron chi connectivity index (χ1n) is 27.7. The van der Waals surface area contributed by atoms with Crippen LogP contribution in [-0.2, 0) is 4.79 Å². The zero-order valence-corrected chi connectivity index (χ0v) is 41.6. The van der Waals surface area contributed by atoms with E-state index in [4.69, 9.17) is 0 Å². The lowest BCUT2D eigenvalue weighted by Gasteiger charge is -2.27. The number of unbranched alkanes of at least 4 members (excludes halogenated alkanes) is 38. The van der Waals surface area contributed by atoms with Crippen molar-refractivity contribution >= 4 is 5.91 Å². The van der Waals surface area contributed by atoms with Gasteiger partial charge in [-0.2, -0.15) is 0 Å². The Hall–Kier alpha value is -1.21. The first kappa shape index (κ1) is 60.8. The van der Waals surface area contributed by atoms with Gasteiger partial charge < -0.3 is 25.7 Å². The van der Waals surface area contributed by atoms with Crippen LogP contribution in [0.4, 0.5) is 0 Å². The van der Waals surface area contributed by atoms with Crippen molar-refractivity contribution in [2.24, 2.45) is 0 Å². The normalized spacial score (nSPS) is 14.0. The molecular formula is C56H109NO5. The topological polar surface area (TPSA) is 110 Å². The highest BCUT2D eigenvalue weighted by Gasteiger charge is 2.28. The minimum atomic E-state index is -1.28. The van der Waals surface area contributed by atoms with Crippen LogP contribution in [0.25, 0.3) is 0 Å². The number of amides is 1. The second-order valence-corrected chi connectivity index (χ2v) is 19.3. The van der Waals surface area contributed by atoms with Gasteiger partial charge >= 0.3 is 0 Å². The molecule has 4 unspecified atom stereocenters. The average molecular weight is 876 g/mol. The van der Waals surface area contributed by atoms with E-state index in [1.807, 2.05) is 0 Å². The first-order valence-corrected chi connectivity index (χ1v) is 27.7. The average Bonchev–Trinajstić information content (AvgIpc) is 3.28. The molecule has 0 saturated heterocycles. The van der Waals surface area contributed by atoms with Gasteiger partial charge in [0.1, 0.15) is 12.2 Å². The molecule has 0 saturated carbocycles. The Labute approximate surface area is 386 Å². The van der Waals surface area contributed by atoms with E-state index >= 15 is 0 Å². The van der Waals surface area contributed by atoms with E-state index in [0.29, 0.717) is 12.8 Å². The summed E-state index contributed by atoms with van der Waals surface area (Å²) in [6, 6.07) is -1.00. The predicted octanol–water partition coefficient (Wildman–Crippen LogP) is 15.9. The first-order chi connectivity index (χ1) is 30.5. The van der Waals surface area contributed by atoms with Crippen molar-refractivity contribution in [2.45, 2.75) is 321 Å². The molecule has 0 aromatic carbocycles. The highest BCUT2D eigenvalue weighted by Crippen LogP contribution is 2.17. The fourth-order valence-corrected chi connectivity index (χ4v) is 8.75. The van der Waals surface area contributed by atoms with Crippen molar-refractivity contribution in [3.05, 3.63) is 24.3 Å². The van der Waals surface area contributed by atoms with Crippen molar-refractivity contribution in [2.75, 3.05) is 6.61 Å². The zero-order valence-electron chi connectivity index (χ0n) is 41.6. The second kappa shape index (κ2) is 50.8. The van der Waals surface area contributed by atoms with Crippen molar-refractivity contribution in [3.63, 3.8) is 0 Å². The number of aliphatic hydroxyl groups excluding tert-OH is 4. The Kier molecular flexibility index (Phi) is 49.8. The van der Waals surface area contributed by atoms with E-state index in [1.165, 1.54) is 231 Å². The van der Waals surface area contributed by atoms with Crippen molar-refractivity contribution < 1.29 is 25.2 Å². The van der Waals surface area contributed by atoms with Gasteiger partial charge in [-0.3, -0.25) is 4.79 Å². The van der Waals surface area contributed by atoms with Crippen LogP contribution in [-0.4, -0.2) is 57.3 Å². The highest BCUT2D eigenvalue weighted by molar-refractivity contribution is 5.80. The molecule has 6 heteroatoms. The Balaban J connectivity index is 3.66. The predicted molar refractivity (Wildman–Crippen MR) is 270 cm³/mol. The summed E-state index contributed by atoms with van der Waals surface area (Å²) in [5.41, 5.74) is 0. The Bertz CT molecular complexity index is 939. The largest absolute Gasteiger partial charge is 0.394 e. The number of nitrogens with one attached hydrogen (secondary N) is 1. The molecule has 62 heavy (non-hydrogen) atoms. The van der Waals surface area contributed by atoms with Gasteiger partial charge in [0.15, 0.2) is 0 Å². The van der Waals surface area contributed by atoms with Gasteiger partial charge in [0.2, 0.25) is 5.91 Å². The SMILES string of the molecule is CCCCCCCCCCCCCC/C=C\CCCCCCCCCCCC(O)C(=O)NC(CO)C(O)C(O)CCC/C=C/CCCCCCCCCCCCCCCCCC. The molecule has 0 spiro atoms. The number of hydrogen-bond acceptors (Lipinski definition) is 5. The standard InChI is InChI=1S/C56H109NO5/c1-3-5-7-9-11-13-15-17-19-21-23-25-26-27-28-30-32-34-36-38-40-42-44-46-48-50-54(60)56(62)57-52(51-58)55(61)53(59)49-47-45-43-41-39-37-35-33-31-29-24-22-20-18-16-14-12-10-8-6-4-2/h27-28,41,43,52-55,58-61H,3-26,29-40,42,44-51H2,1-2H3,(H,57,62)/b28-27-,43-41+. The third-order valence-electron chi connectivity index (χ3n) is 13.1. The summed E-state index contributed by atoms with van der Waals surface area (Å²) in [4.78, 5) is 12.6. The van der Waals surface area contributed by atoms with Gasteiger partial charge in [-0.1, -0.05) is 256 Å². The fraction of sp³-hybridized carbons (Fsp3) is 0.911. The van der Waals surface area contributed by atoms with Gasteiger partial charge in [-0.15, -0.1) is 0 Å². The van der Waals surface area contributed by atoms with Crippen LogP contribution in [0, 0.1) is 0 Å². The van der Waals surface area contributed by atoms with Crippen LogP contribution in [0.2, 0.25) is 0 Å². The molecule has 5 N–H and O–H groups in total. The molecule has 0 aromatic heterocycles. The fourth-order valence-electron chi connectivity index (χ4n) is 8.75. The lowest BCUT2D eigenvalue weighted by molar-refractivity contribution is -0.132. The lowest BCUT2D eigenvalue weighted by atomic mass is 10.00. The number of aliphatic hydroxyl groups is 4. The van der Waals surface area contributed by atoms with Gasteiger partial charge in [-0.05, 0) is 64.2 Å². The van der Waals surface area contributed by atoms with Gasteiger partial charge in [0.05, 0.1) is 18.8 Å². The van der Waals surface area contributed by atoms with Crippen LogP contribution in [0.5, 0.6) is 0 Å². The summed E-state index contributed by atoms with van der Waals surface area (Å²) in [6.45, 7) is 4.08. The third kappa shape index (κ3) is 44.0. The van der Waals surface area contributed by atoms with Crippen LogP contribution in [0.1, 0.15) is 296 Å². The number of carbonyl (C=O) groups is 1. The van der Waals surface area contributed by atoms with E-state index in [0.717, 1.165) is 38.5 Å². The van der Waals surface area contributed by atoms with E-state index in [9.17, 15) is 25.2 Å². The van der Waals surface area contributed by atoms with E-state index < -0.39 is 36.9 Å². The van der Waals surface area contributed by atoms with E-state index in [1.54, 1.807) is 0 Å². The Morgan fingerprint density at radius 2 is 0.661 bits per heavy atom. The molecular weight excluding hydrogens is 767 g/mol. The molecule has 6 nitrogen and oxygen atoms in total. The molecule has 0 aliphatic rings. The van der Waals surface area contributed by atoms with Gasteiger partial charge in [-0.25, -0.2) is 0 Å². The van der Waals surface area contributed by atoms with E-state index in [2.05, 4.69) is 43.5 Å². The summed E-state index contributed by atoms with van der Waals surface area (Å²) in [7, 11) is 0. The summed E-state index contributed by atoms with van der Waals surface area (Å²) < 4.78 is 0. The van der Waals surface area contributed by atoms with Crippen molar-refractivity contribution in [3.8, 4) is 0 Å². The number of hydrogen-bond donors (Lipinski definition) is 5. The Morgan fingerprint density at radius 3 is 0.968 bits per heavy atom. The smallest absolute Gasteiger partial charge is 0.249 e. The maximum Gasteiger partial charge on any atom is 0.249 e. The van der Waals surface area contributed by atoms with Gasteiger partial charge in [0.25, 0.3) is 0 Å². The summed E-state index contributed by atoms with van der Waals surface area (Å²) in [6.07, 6.45) is 61.0. The van der Waals surface area contributed by atoms with Gasteiger partial charge in [0, 0.05) is 0 Å². The summed E-state index contributed by atoms with van der Waals surface area (Å²) in [5.74, 6) is -0.591. The lowest BCUT2D eigenvalue weighted by Crippen LogP contribution is -2.53. The molecule has 0 aliphatic carbocycles. The molecule has 0 fully saturated rings. The highest BCUT2D eigenvalue weighted by atomic mass is 16.3. The molecule has 1 amide bonds.